The fourth-order valence-corrected chi connectivity index (χ4v) is 3.90. The van der Waals surface area contributed by atoms with E-state index >= 15 is 0 Å². The quantitative estimate of drug-likeness (QED) is 0.740. The molecule has 1 amide bonds. The van der Waals surface area contributed by atoms with Gasteiger partial charge in [-0.15, -0.1) is 11.3 Å². The topological polar surface area (TPSA) is 60.9 Å². The first-order valence-electron chi connectivity index (χ1n) is 8.39. The largest absolute Gasteiger partial charge is 0.369 e. The minimum absolute atomic E-state index is 0.195. The van der Waals surface area contributed by atoms with Gasteiger partial charge in [0.15, 0.2) is 0 Å². The van der Waals surface area contributed by atoms with Gasteiger partial charge in [0.05, 0.1) is 12.1 Å². The van der Waals surface area contributed by atoms with Crippen molar-refractivity contribution in [2.45, 2.75) is 40.0 Å². The van der Waals surface area contributed by atoms with Crippen molar-refractivity contribution in [1.29, 1.82) is 0 Å². The summed E-state index contributed by atoms with van der Waals surface area (Å²) < 4.78 is 2.24. The van der Waals surface area contributed by atoms with Crippen LogP contribution in [0.15, 0.2) is 35.7 Å². The second kappa shape index (κ2) is 6.84. The average Bonchev–Trinajstić information content (AvgIpc) is 3.11. The summed E-state index contributed by atoms with van der Waals surface area (Å²) in [4.78, 5) is 15.7. The number of carbonyl (C=O) groups is 1. The van der Waals surface area contributed by atoms with Crippen LogP contribution in [-0.4, -0.2) is 15.5 Å². The molecule has 0 saturated carbocycles. The third-order valence-corrected chi connectivity index (χ3v) is 5.25. The number of nitrogens with zero attached hydrogens (tertiary/aromatic N) is 2. The molecular weight excluding hydrogens is 330 g/mol. The maximum atomic E-state index is 11.1. The Morgan fingerprint density at radius 1 is 1.24 bits per heavy atom. The molecule has 0 bridgehead atoms. The summed E-state index contributed by atoms with van der Waals surface area (Å²) in [7, 11) is 0. The second-order valence-electron chi connectivity index (χ2n) is 6.64. The van der Waals surface area contributed by atoms with E-state index < -0.39 is 0 Å². The van der Waals surface area contributed by atoms with Gasteiger partial charge in [-0.3, -0.25) is 4.79 Å². The molecule has 0 atom stereocenters. The van der Waals surface area contributed by atoms with E-state index in [9.17, 15) is 4.79 Å². The summed E-state index contributed by atoms with van der Waals surface area (Å²) in [6.07, 6.45) is 0.195. The Labute approximate surface area is 152 Å². The fraction of sp³-hybridized carbons (Fsp3) is 0.300. The number of carbonyl (C=O) groups excluding carboxylic acids is 1. The summed E-state index contributed by atoms with van der Waals surface area (Å²) in [6.45, 7) is 8.60. The third-order valence-electron chi connectivity index (χ3n) is 4.40. The lowest BCUT2D eigenvalue weighted by molar-refractivity contribution is -0.117. The second-order valence-corrected chi connectivity index (χ2v) is 7.58. The summed E-state index contributed by atoms with van der Waals surface area (Å²) in [5.41, 5.74) is 12.1. The lowest BCUT2D eigenvalue weighted by Crippen LogP contribution is -2.13. The molecule has 4 nitrogen and oxygen atoms in total. The van der Waals surface area contributed by atoms with Crippen molar-refractivity contribution in [2.75, 3.05) is 0 Å². The van der Waals surface area contributed by atoms with Crippen molar-refractivity contribution in [3.8, 4) is 16.9 Å². The van der Waals surface area contributed by atoms with Gasteiger partial charge in [-0.1, -0.05) is 26.0 Å². The molecule has 0 aliphatic rings. The van der Waals surface area contributed by atoms with Crippen LogP contribution in [0, 0.1) is 13.8 Å². The highest BCUT2D eigenvalue weighted by atomic mass is 32.1. The van der Waals surface area contributed by atoms with Crippen molar-refractivity contribution < 1.29 is 4.79 Å². The van der Waals surface area contributed by atoms with Gasteiger partial charge in [0.2, 0.25) is 5.91 Å². The summed E-state index contributed by atoms with van der Waals surface area (Å²) >= 11 is 1.48. The zero-order valence-corrected chi connectivity index (χ0v) is 15.9. The Hall–Kier alpha value is -2.40. The van der Waals surface area contributed by atoms with Gasteiger partial charge in [-0.25, -0.2) is 4.98 Å². The van der Waals surface area contributed by atoms with Gasteiger partial charge in [0.25, 0.3) is 0 Å². The van der Waals surface area contributed by atoms with E-state index in [0.29, 0.717) is 5.92 Å². The normalized spacial score (nSPS) is 11.2. The molecule has 0 radical (unpaired) electrons. The van der Waals surface area contributed by atoms with E-state index in [0.717, 1.165) is 33.3 Å². The number of amides is 1. The highest BCUT2D eigenvalue weighted by molar-refractivity contribution is 7.10. The first-order valence-corrected chi connectivity index (χ1v) is 9.27. The Morgan fingerprint density at radius 2 is 1.92 bits per heavy atom. The van der Waals surface area contributed by atoms with Gasteiger partial charge in [0.1, 0.15) is 5.01 Å². The molecule has 0 saturated heterocycles. The highest BCUT2D eigenvalue weighted by Gasteiger charge is 2.15. The van der Waals surface area contributed by atoms with Crippen molar-refractivity contribution >= 4 is 17.2 Å². The van der Waals surface area contributed by atoms with E-state index in [1.54, 1.807) is 0 Å². The Morgan fingerprint density at radius 3 is 2.52 bits per heavy atom. The van der Waals surface area contributed by atoms with Crippen LogP contribution in [0.2, 0.25) is 0 Å². The van der Waals surface area contributed by atoms with Crippen molar-refractivity contribution in [1.82, 2.24) is 9.55 Å². The Balaban J connectivity index is 1.98. The molecule has 3 aromatic rings. The molecule has 2 N–H and O–H groups in total. The van der Waals surface area contributed by atoms with E-state index in [4.69, 9.17) is 5.73 Å². The first kappa shape index (κ1) is 17.4. The minimum atomic E-state index is -0.350. The molecule has 130 valence electrons. The summed E-state index contributed by atoms with van der Waals surface area (Å²) in [5.74, 6) is 0.173. The number of rotatable bonds is 5. The van der Waals surface area contributed by atoms with Crippen LogP contribution >= 0.6 is 11.3 Å². The van der Waals surface area contributed by atoms with E-state index in [1.165, 1.54) is 16.9 Å². The molecule has 2 aromatic heterocycles. The molecule has 1 aromatic carbocycles. The molecule has 25 heavy (non-hydrogen) atoms. The van der Waals surface area contributed by atoms with Gasteiger partial charge in [0, 0.05) is 28.0 Å². The summed E-state index contributed by atoms with van der Waals surface area (Å²) in [6, 6.07) is 10.9. The number of benzene rings is 1. The van der Waals surface area contributed by atoms with Gasteiger partial charge >= 0.3 is 0 Å². The minimum Gasteiger partial charge on any atom is -0.369 e. The van der Waals surface area contributed by atoms with Crippen LogP contribution in [0.3, 0.4) is 0 Å². The van der Waals surface area contributed by atoms with Gasteiger partial charge in [-0.2, -0.15) is 0 Å². The zero-order chi connectivity index (χ0) is 18.1. The maximum Gasteiger partial charge on any atom is 0.224 e. The lowest BCUT2D eigenvalue weighted by Gasteiger charge is -2.12. The van der Waals surface area contributed by atoms with Crippen LogP contribution in [-0.2, 0) is 11.2 Å². The van der Waals surface area contributed by atoms with Gasteiger partial charge < -0.3 is 10.3 Å². The van der Waals surface area contributed by atoms with Crippen molar-refractivity contribution in [3.63, 3.8) is 0 Å². The van der Waals surface area contributed by atoms with Crippen LogP contribution < -0.4 is 5.73 Å². The molecular formula is C20H23N3OS. The first-order chi connectivity index (χ1) is 11.9. The number of aryl methyl sites for hydroxylation is 1. The van der Waals surface area contributed by atoms with Crippen molar-refractivity contribution in [3.05, 3.63) is 57.7 Å². The standard InChI is InChI=1S/C20H23N3OS/c1-12(2)15-5-7-16(8-6-15)23-13(3)9-17(14(23)4)18-11-25-20(22-18)10-19(21)24/h5-9,11-12H,10H2,1-4H3,(H2,21,24). The number of hydrogen-bond acceptors (Lipinski definition) is 3. The smallest absolute Gasteiger partial charge is 0.224 e. The molecule has 0 unspecified atom stereocenters. The molecule has 0 spiro atoms. The number of hydrogen-bond donors (Lipinski definition) is 1. The monoisotopic (exact) mass is 353 g/mol. The fourth-order valence-electron chi connectivity index (χ4n) is 3.09. The van der Waals surface area contributed by atoms with E-state index in [-0.39, 0.29) is 12.3 Å². The molecule has 0 aliphatic heterocycles. The van der Waals surface area contributed by atoms with Crippen LogP contribution in [0.25, 0.3) is 16.9 Å². The third kappa shape index (κ3) is 3.51. The molecule has 3 rings (SSSR count). The number of primary amides is 1. The predicted molar refractivity (Wildman–Crippen MR) is 103 cm³/mol. The van der Waals surface area contributed by atoms with E-state index in [1.807, 2.05) is 5.38 Å². The van der Waals surface area contributed by atoms with Crippen LogP contribution in [0.4, 0.5) is 0 Å². The number of thiazole rings is 1. The molecule has 5 heteroatoms. The molecule has 0 fully saturated rings. The maximum absolute atomic E-state index is 11.1. The predicted octanol–water partition coefficient (Wildman–Crippen LogP) is 4.37. The van der Waals surface area contributed by atoms with Crippen LogP contribution in [0.5, 0.6) is 0 Å². The lowest BCUT2D eigenvalue weighted by atomic mass is 10.0. The summed E-state index contributed by atoms with van der Waals surface area (Å²) in [5, 5.41) is 2.75. The Kier molecular flexibility index (Phi) is 4.77. The molecule has 2 heterocycles. The van der Waals surface area contributed by atoms with Crippen LogP contribution in [0.1, 0.15) is 41.7 Å². The SMILES string of the molecule is Cc1cc(-c2csc(CC(N)=O)n2)c(C)n1-c1ccc(C(C)C)cc1. The molecule has 0 aliphatic carbocycles. The highest BCUT2D eigenvalue weighted by Crippen LogP contribution is 2.30. The van der Waals surface area contributed by atoms with Gasteiger partial charge in [-0.05, 0) is 43.5 Å². The van der Waals surface area contributed by atoms with Crippen molar-refractivity contribution in [2.24, 2.45) is 5.73 Å². The zero-order valence-electron chi connectivity index (χ0n) is 15.0. The Bertz CT molecular complexity index is 904. The average molecular weight is 353 g/mol. The number of nitrogens with two attached hydrogens (primary N) is 1. The van der Waals surface area contributed by atoms with E-state index in [2.05, 4.69) is 67.6 Å². The number of aromatic nitrogens is 2.